The quantitative estimate of drug-likeness (QED) is 0.820. The van der Waals surface area contributed by atoms with E-state index in [1.807, 2.05) is 36.1 Å². The zero-order valence-corrected chi connectivity index (χ0v) is 11.8. The number of hydrogen-bond acceptors (Lipinski definition) is 1. The Morgan fingerprint density at radius 2 is 1.65 bits per heavy atom. The van der Waals surface area contributed by atoms with Gasteiger partial charge in [0.25, 0.3) is 5.91 Å². The minimum absolute atomic E-state index is 0.163. The first-order valence-corrected chi connectivity index (χ1v) is 7.22. The van der Waals surface area contributed by atoms with Crippen molar-refractivity contribution in [2.75, 3.05) is 13.1 Å². The second-order valence-electron chi connectivity index (χ2n) is 5.52. The van der Waals surface area contributed by atoms with E-state index >= 15 is 0 Å². The summed E-state index contributed by atoms with van der Waals surface area (Å²) < 4.78 is 2.26. The molecule has 104 valence electrons. The van der Waals surface area contributed by atoms with Gasteiger partial charge in [-0.05, 0) is 44.0 Å². The number of carbonyl (C=O) groups excluding carboxylic acids is 1. The standard InChI is InChI=1S/C17H20N2O/c1-14-4-6-15(7-5-14)17(20)19-12-8-16(9-13-19)18-10-2-3-11-18/h2-7,10-11,16H,8-9,12-13H2,1H3. The maximum absolute atomic E-state index is 12.4. The molecule has 3 rings (SSSR count). The van der Waals surface area contributed by atoms with Crippen molar-refractivity contribution in [1.29, 1.82) is 0 Å². The van der Waals surface area contributed by atoms with Crippen molar-refractivity contribution < 1.29 is 4.79 Å². The van der Waals surface area contributed by atoms with E-state index < -0.39 is 0 Å². The number of piperidine rings is 1. The summed E-state index contributed by atoms with van der Waals surface area (Å²) in [7, 11) is 0. The van der Waals surface area contributed by atoms with E-state index in [2.05, 4.69) is 29.1 Å². The predicted molar refractivity (Wildman–Crippen MR) is 79.8 cm³/mol. The highest BCUT2D eigenvalue weighted by atomic mass is 16.2. The monoisotopic (exact) mass is 268 g/mol. The van der Waals surface area contributed by atoms with Crippen LogP contribution in [-0.4, -0.2) is 28.5 Å². The Balaban J connectivity index is 1.63. The third kappa shape index (κ3) is 2.62. The van der Waals surface area contributed by atoms with Gasteiger partial charge in [-0.25, -0.2) is 0 Å². The van der Waals surface area contributed by atoms with Gasteiger partial charge in [0.1, 0.15) is 0 Å². The van der Waals surface area contributed by atoms with Gasteiger partial charge in [0.2, 0.25) is 0 Å². The first kappa shape index (κ1) is 13.0. The Labute approximate surface area is 119 Å². The van der Waals surface area contributed by atoms with Crippen LogP contribution in [0, 0.1) is 6.92 Å². The van der Waals surface area contributed by atoms with Gasteiger partial charge in [0.15, 0.2) is 0 Å². The van der Waals surface area contributed by atoms with E-state index in [0.717, 1.165) is 31.5 Å². The molecule has 1 aliphatic rings. The molecule has 0 saturated carbocycles. The second-order valence-corrected chi connectivity index (χ2v) is 5.52. The number of aromatic nitrogens is 1. The van der Waals surface area contributed by atoms with E-state index in [9.17, 15) is 4.79 Å². The average Bonchev–Trinajstić information content (AvgIpc) is 3.02. The van der Waals surface area contributed by atoms with Crippen LogP contribution >= 0.6 is 0 Å². The normalized spacial score (nSPS) is 16.4. The van der Waals surface area contributed by atoms with Gasteiger partial charge >= 0.3 is 0 Å². The summed E-state index contributed by atoms with van der Waals surface area (Å²) >= 11 is 0. The molecule has 1 saturated heterocycles. The Kier molecular flexibility index (Phi) is 3.59. The van der Waals surface area contributed by atoms with E-state index in [1.54, 1.807) is 0 Å². The number of benzene rings is 1. The fourth-order valence-electron chi connectivity index (χ4n) is 2.84. The van der Waals surface area contributed by atoms with Gasteiger partial charge in [-0.2, -0.15) is 0 Å². The van der Waals surface area contributed by atoms with Crippen LogP contribution in [0.3, 0.4) is 0 Å². The zero-order valence-electron chi connectivity index (χ0n) is 11.8. The molecule has 0 bridgehead atoms. The molecular weight excluding hydrogens is 248 g/mol. The van der Waals surface area contributed by atoms with E-state index in [4.69, 9.17) is 0 Å². The van der Waals surface area contributed by atoms with Gasteiger partial charge < -0.3 is 9.47 Å². The van der Waals surface area contributed by atoms with Crippen LogP contribution < -0.4 is 0 Å². The van der Waals surface area contributed by atoms with Crippen molar-refractivity contribution >= 4 is 5.91 Å². The molecule has 1 aromatic heterocycles. The van der Waals surface area contributed by atoms with Crippen LogP contribution in [-0.2, 0) is 0 Å². The van der Waals surface area contributed by atoms with Crippen LogP contribution in [0.1, 0.15) is 34.8 Å². The fraction of sp³-hybridized carbons (Fsp3) is 0.353. The molecule has 2 heterocycles. The van der Waals surface area contributed by atoms with Gasteiger partial charge in [0.05, 0.1) is 0 Å². The lowest BCUT2D eigenvalue weighted by Crippen LogP contribution is -2.38. The van der Waals surface area contributed by atoms with E-state index in [0.29, 0.717) is 6.04 Å². The van der Waals surface area contributed by atoms with Gasteiger partial charge in [-0.3, -0.25) is 4.79 Å². The highest BCUT2D eigenvalue weighted by Gasteiger charge is 2.23. The van der Waals surface area contributed by atoms with Crippen LogP contribution in [0.4, 0.5) is 0 Å². The Morgan fingerprint density at radius 1 is 1.05 bits per heavy atom. The fourth-order valence-corrected chi connectivity index (χ4v) is 2.84. The summed E-state index contributed by atoms with van der Waals surface area (Å²) in [6.07, 6.45) is 6.29. The number of amides is 1. The summed E-state index contributed by atoms with van der Waals surface area (Å²) in [5, 5.41) is 0. The highest BCUT2D eigenvalue weighted by molar-refractivity contribution is 5.94. The number of nitrogens with zero attached hydrogens (tertiary/aromatic N) is 2. The molecule has 0 radical (unpaired) electrons. The lowest BCUT2D eigenvalue weighted by molar-refractivity contribution is 0.0694. The third-order valence-electron chi connectivity index (χ3n) is 4.10. The average molecular weight is 268 g/mol. The first-order chi connectivity index (χ1) is 9.74. The van der Waals surface area contributed by atoms with E-state index in [-0.39, 0.29) is 5.91 Å². The largest absolute Gasteiger partial charge is 0.351 e. The Bertz CT molecular complexity index is 564. The number of likely N-dealkylation sites (tertiary alicyclic amines) is 1. The Morgan fingerprint density at radius 3 is 2.25 bits per heavy atom. The number of rotatable bonds is 2. The lowest BCUT2D eigenvalue weighted by atomic mass is 10.0. The highest BCUT2D eigenvalue weighted by Crippen LogP contribution is 2.23. The lowest BCUT2D eigenvalue weighted by Gasteiger charge is -2.32. The number of aryl methyl sites for hydroxylation is 1. The van der Waals surface area contributed by atoms with Crippen molar-refractivity contribution in [2.45, 2.75) is 25.8 Å². The smallest absolute Gasteiger partial charge is 0.253 e. The maximum Gasteiger partial charge on any atom is 0.253 e. The SMILES string of the molecule is Cc1ccc(C(=O)N2CCC(n3cccc3)CC2)cc1. The van der Waals surface area contributed by atoms with E-state index in [1.165, 1.54) is 5.56 Å². The van der Waals surface area contributed by atoms with Gasteiger partial charge in [-0.1, -0.05) is 17.7 Å². The molecule has 0 aliphatic carbocycles. The predicted octanol–water partition coefficient (Wildman–Crippen LogP) is 3.27. The summed E-state index contributed by atoms with van der Waals surface area (Å²) in [6.45, 7) is 3.72. The van der Waals surface area contributed by atoms with Crippen LogP contribution in [0.25, 0.3) is 0 Å². The molecule has 2 aromatic rings. The molecule has 0 atom stereocenters. The third-order valence-corrected chi connectivity index (χ3v) is 4.10. The second kappa shape index (κ2) is 5.53. The van der Waals surface area contributed by atoms with Crippen LogP contribution in [0.15, 0.2) is 48.8 Å². The van der Waals surface area contributed by atoms with Crippen molar-refractivity contribution in [1.82, 2.24) is 9.47 Å². The van der Waals surface area contributed by atoms with Crippen LogP contribution in [0.5, 0.6) is 0 Å². The molecule has 3 heteroatoms. The summed E-state index contributed by atoms with van der Waals surface area (Å²) in [5.74, 6) is 0.163. The van der Waals surface area contributed by atoms with Crippen molar-refractivity contribution in [3.05, 3.63) is 59.9 Å². The van der Waals surface area contributed by atoms with Crippen molar-refractivity contribution in [3.63, 3.8) is 0 Å². The topological polar surface area (TPSA) is 25.2 Å². The summed E-state index contributed by atoms with van der Waals surface area (Å²) in [5.41, 5.74) is 1.99. The van der Waals surface area contributed by atoms with Gasteiger partial charge in [0, 0.05) is 37.1 Å². The number of carbonyl (C=O) groups is 1. The molecule has 0 N–H and O–H groups in total. The molecule has 20 heavy (non-hydrogen) atoms. The maximum atomic E-state index is 12.4. The first-order valence-electron chi connectivity index (χ1n) is 7.22. The van der Waals surface area contributed by atoms with Gasteiger partial charge in [-0.15, -0.1) is 0 Å². The molecule has 0 spiro atoms. The molecule has 1 fully saturated rings. The van der Waals surface area contributed by atoms with Crippen LogP contribution in [0.2, 0.25) is 0 Å². The zero-order chi connectivity index (χ0) is 13.9. The molecule has 1 aliphatic heterocycles. The molecular formula is C17H20N2O. The summed E-state index contributed by atoms with van der Waals surface area (Å²) in [4.78, 5) is 14.4. The minimum atomic E-state index is 0.163. The van der Waals surface area contributed by atoms with Crippen molar-refractivity contribution in [2.24, 2.45) is 0 Å². The number of hydrogen-bond donors (Lipinski definition) is 0. The Hall–Kier alpha value is -2.03. The molecule has 0 unspecified atom stereocenters. The molecule has 1 amide bonds. The summed E-state index contributed by atoms with van der Waals surface area (Å²) in [6, 6.07) is 12.5. The molecule has 3 nitrogen and oxygen atoms in total. The molecule has 1 aromatic carbocycles. The minimum Gasteiger partial charge on any atom is -0.351 e. The van der Waals surface area contributed by atoms with Crippen molar-refractivity contribution in [3.8, 4) is 0 Å².